The van der Waals surface area contributed by atoms with E-state index in [0.717, 1.165) is 26.1 Å². The number of amidine groups is 1. The van der Waals surface area contributed by atoms with Gasteiger partial charge in [-0.2, -0.15) is 0 Å². The van der Waals surface area contributed by atoms with Gasteiger partial charge in [-0.1, -0.05) is 5.16 Å². The van der Waals surface area contributed by atoms with Crippen molar-refractivity contribution in [1.29, 1.82) is 0 Å². The number of piperidine rings is 2. The predicted molar refractivity (Wildman–Crippen MR) is 77.5 cm³/mol. The molecule has 20 heavy (non-hydrogen) atoms. The van der Waals surface area contributed by atoms with E-state index in [1.807, 2.05) is 4.90 Å². The maximum atomic E-state index is 12.6. The SMILES string of the molecule is CN1CCCC2CN(C(=O)C(C)(C)C(N)=NO)CCC21. The van der Waals surface area contributed by atoms with Crippen LogP contribution in [0.4, 0.5) is 0 Å². The molecule has 114 valence electrons. The highest BCUT2D eigenvalue weighted by molar-refractivity contribution is 6.05. The van der Waals surface area contributed by atoms with E-state index in [1.165, 1.54) is 12.8 Å². The zero-order chi connectivity index (χ0) is 14.9. The van der Waals surface area contributed by atoms with Gasteiger partial charge in [0.25, 0.3) is 0 Å². The Labute approximate surface area is 120 Å². The van der Waals surface area contributed by atoms with Crippen molar-refractivity contribution in [2.24, 2.45) is 22.2 Å². The van der Waals surface area contributed by atoms with Gasteiger partial charge in [-0.15, -0.1) is 0 Å². The minimum absolute atomic E-state index is 0.0228. The standard InChI is InChI=1S/C14H26N4O2/c1-14(2,12(15)16-20)13(19)18-8-6-11-10(9-18)5-4-7-17(11)3/h10-11,20H,4-9H2,1-3H3,(H2,15,16). The summed E-state index contributed by atoms with van der Waals surface area (Å²) in [5, 5.41) is 11.8. The average Bonchev–Trinajstić information content (AvgIpc) is 2.45. The number of hydrogen-bond acceptors (Lipinski definition) is 4. The van der Waals surface area contributed by atoms with Gasteiger partial charge in [0.2, 0.25) is 5.91 Å². The second-order valence-corrected chi connectivity index (χ2v) is 6.60. The topological polar surface area (TPSA) is 82.2 Å². The zero-order valence-electron chi connectivity index (χ0n) is 12.7. The smallest absolute Gasteiger partial charge is 0.235 e. The molecule has 2 rings (SSSR count). The summed E-state index contributed by atoms with van der Waals surface area (Å²) in [5.41, 5.74) is 4.71. The summed E-state index contributed by atoms with van der Waals surface area (Å²) in [7, 11) is 2.18. The molecule has 0 aromatic rings. The van der Waals surface area contributed by atoms with Crippen LogP contribution in [0.1, 0.15) is 33.1 Å². The first kappa shape index (κ1) is 15.1. The molecular formula is C14H26N4O2. The molecule has 2 aliphatic heterocycles. The van der Waals surface area contributed by atoms with E-state index in [-0.39, 0.29) is 11.7 Å². The van der Waals surface area contributed by atoms with Gasteiger partial charge in [0.15, 0.2) is 5.84 Å². The average molecular weight is 282 g/mol. The third-order valence-electron chi connectivity index (χ3n) is 4.92. The summed E-state index contributed by atoms with van der Waals surface area (Å²) in [4.78, 5) is 16.9. The quantitative estimate of drug-likeness (QED) is 0.338. The molecule has 3 N–H and O–H groups in total. The molecule has 1 amide bonds. The molecule has 0 bridgehead atoms. The molecule has 0 spiro atoms. The first-order chi connectivity index (χ1) is 9.37. The molecule has 0 radical (unpaired) electrons. The molecule has 2 heterocycles. The molecular weight excluding hydrogens is 256 g/mol. The summed E-state index contributed by atoms with van der Waals surface area (Å²) < 4.78 is 0. The number of nitrogens with two attached hydrogens (primary N) is 1. The van der Waals surface area contributed by atoms with E-state index >= 15 is 0 Å². The third-order valence-corrected chi connectivity index (χ3v) is 4.92. The Kier molecular flexibility index (Phi) is 4.22. The fourth-order valence-electron chi connectivity index (χ4n) is 3.47. The molecule has 2 atom stereocenters. The van der Waals surface area contributed by atoms with E-state index in [2.05, 4.69) is 17.1 Å². The van der Waals surface area contributed by atoms with Gasteiger partial charge >= 0.3 is 0 Å². The second kappa shape index (κ2) is 5.60. The Bertz CT molecular complexity index is 408. The van der Waals surface area contributed by atoms with Gasteiger partial charge in [-0.3, -0.25) is 4.79 Å². The minimum atomic E-state index is -0.942. The Morgan fingerprint density at radius 3 is 2.70 bits per heavy atom. The lowest BCUT2D eigenvalue weighted by Gasteiger charge is -2.47. The molecule has 2 fully saturated rings. The number of fused-ring (bicyclic) bond motifs is 1. The molecule has 2 unspecified atom stereocenters. The lowest BCUT2D eigenvalue weighted by molar-refractivity contribution is -0.140. The molecule has 2 saturated heterocycles. The van der Waals surface area contributed by atoms with E-state index in [0.29, 0.717) is 12.0 Å². The highest BCUT2D eigenvalue weighted by Crippen LogP contribution is 2.31. The van der Waals surface area contributed by atoms with Gasteiger partial charge in [0.1, 0.15) is 5.41 Å². The van der Waals surface area contributed by atoms with Crippen LogP contribution in [0, 0.1) is 11.3 Å². The highest BCUT2D eigenvalue weighted by atomic mass is 16.4. The number of hydrogen-bond donors (Lipinski definition) is 2. The van der Waals surface area contributed by atoms with Crippen molar-refractivity contribution in [2.75, 3.05) is 26.7 Å². The number of carbonyl (C=O) groups excluding carboxylic acids is 1. The largest absolute Gasteiger partial charge is 0.409 e. The first-order valence-corrected chi connectivity index (χ1v) is 7.35. The normalized spacial score (nSPS) is 29.1. The number of likely N-dealkylation sites (tertiary alicyclic amines) is 2. The summed E-state index contributed by atoms with van der Waals surface area (Å²) >= 11 is 0. The Morgan fingerprint density at radius 1 is 1.35 bits per heavy atom. The summed E-state index contributed by atoms with van der Waals surface area (Å²) in [5.74, 6) is 0.486. The van der Waals surface area contributed by atoms with Crippen LogP contribution < -0.4 is 5.73 Å². The zero-order valence-corrected chi connectivity index (χ0v) is 12.7. The van der Waals surface area contributed by atoms with Gasteiger partial charge in [0, 0.05) is 19.1 Å². The number of oxime groups is 1. The molecule has 6 nitrogen and oxygen atoms in total. The van der Waals surface area contributed by atoms with Gasteiger partial charge in [-0.05, 0) is 52.6 Å². The fourth-order valence-corrected chi connectivity index (χ4v) is 3.47. The maximum absolute atomic E-state index is 12.6. The molecule has 0 aromatic heterocycles. The van der Waals surface area contributed by atoms with Gasteiger partial charge in [0.05, 0.1) is 0 Å². The van der Waals surface area contributed by atoms with Crippen LogP contribution in [0.2, 0.25) is 0 Å². The van der Waals surface area contributed by atoms with Crippen LogP contribution in [-0.4, -0.2) is 59.5 Å². The lowest BCUT2D eigenvalue weighted by Crippen LogP contribution is -2.57. The Morgan fingerprint density at radius 2 is 2.05 bits per heavy atom. The van der Waals surface area contributed by atoms with Crippen LogP contribution in [0.3, 0.4) is 0 Å². The van der Waals surface area contributed by atoms with Gasteiger partial charge in [-0.25, -0.2) is 0 Å². The molecule has 0 aromatic carbocycles. The minimum Gasteiger partial charge on any atom is -0.409 e. The van der Waals surface area contributed by atoms with Crippen LogP contribution in [0.25, 0.3) is 0 Å². The predicted octanol–water partition coefficient (Wildman–Crippen LogP) is 0.702. The van der Waals surface area contributed by atoms with E-state index in [4.69, 9.17) is 10.9 Å². The van der Waals surface area contributed by atoms with Crippen molar-refractivity contribution in [3.05, 3.63) is 0 Å². The monoisotopic (exact) mass is 282 g/mol. The van der Waals surface area contributed by atoms with E-state index in [9.17, 15) is 4.79 Å². The number of amides is 1. The molecule has 0 aliphatic carbocycles. The van der Waals surface area contributed by atoms with Crippen LogP contribution >= 0.6 is 0 Å². The number of carbonyl (C=O) groups is 1. The van der Waals surface area contributed by atoms with Crippen LogP contribution in [0.15, 0.2) is 5.16 Å². The van der Waals surface area contributed by atoms with Crippen molar-refractivity contribution < 1.29 is 10.0 Å². The highest BCUT2D eigenvalue weighted by Gasteiger charge is 2.41. The van der Waals surface area contributed by atoms with Crippen LogP contribution in [0.5, 0.6) is 0 Å². The fraction of sp³-hybridized carbons (Fsp3) is 0.857. The van der Waals surface area contributed by atoms with Gasteiger partial charge < -0.3 is 20.7 Å². The Hall–Kier alpha value is -1.30. The molecule has 0 saturated carbocycles. The third kappa shape index (κ3) is 2.61. The van der Waals surface area contributed by atoms with Crippen molar-refractivity contribution in [2.45, 2.75) is 39.2 Å². The lowest BCUT2D eigenvalue weighted by atomic mass is 9.82. The summed E-state index contributed by atoms with van der Waals surface area (Å²) in [6, 6.07) is 0.597. The molecule has 6 heteroatoms. The number of rotatable bonds is 2. The second-order valence-electron chi connectivity index (χ2n) is 6.60. The van der Waals surface area contributed by atoms with Crippen molar-refractivity contribution >= 4 is 11.7 Å². The summed E-state index contributed by atoms with van der Waals surface area (Å²) in [6.07, 6.45) is 3.39. The van der Waals surface area contributed by atoms with Crippen molar-refractivity contribution in [1.82, 2.24) is 9.80 Å². The maximum Gasteiger partial charge on any atom is 0.235 e. The van der Waals surface area contributed by atoms with E-state index in [1.54, 1.807) is 13.8 Å². The van der Waals surface area contributed by atoms with Crippen LogP contribution in [-0.2, 0) is 4.79 Å². The van der Waals surface area contributed by atoms with E-state index < -0.39 is 5.41 Å². The Balaban J connectivity index is 2.06. The van der Waals surface area contributed by atoms with Crippen molar-refractivity contribution in [3.8, 4) is 0 Å². The first-order valence-electron chi connectivity index (χ1n) is 7.35. The van der Waals surface area contributed by atoms with Crippen molar-refractivity contribution in [3.63, 3.8) is 0 Å². The summed E-state index contributed by atoms with van der Waals surface area (Å²) in [6.45, 7) is 6.13. The molecule has 2 aliphatic rings. The number of nitrogens with zero attached hydrogens (tertiary/aromatic N) is 3.